The van der Waals surface area contributed by atoms with Gasteiger partial charge in [-0.15, -0.1) is 11.6 Å². The van der Waals surface area contributed by atoms with E-state index in [1.54, 1.807) is 0 Å². The van der Waals surface area contributed by atoms with Crippen LogP contribution in [0.15, 0.2) is 10.1 Å². The van der Waals surface area contributed by atoms with Crippen LogP contribution in [-0.2, 0) is 9.59 Å². The molecule has 0 unspecified atom stereocenters. The van der Waals surface area contributed by atoms with E-state index in [0.717, 1.165) is 12.8 Å². The third kappa shape index (κ3) is 10.7. The van der Waals surface area contributed by atoms with Crippen molar-refractivity contribution in [3.8, 4) is 0 Å². The molecule has 1 aliphatic rings. The second kappa shape index (κ2) is 16.6. The minimum absolute atomic E-state index is 0.143. The first-order valence-electron chi connectivity index (χ1n) is 11.8. The Labute approximate surface area is 193 Å². The largest absolute Gasteiger partial charge is 0.289 e. The average molecular weight is 466 g/mol. The molecule has 0 radical (unpaired) electrons. The van der Waals surface area contributed by atoms with Crippen LogP contribution in [0.4, 0.5) is 0 Å². The third-order valence-corrected chi connectivity index (χ3v) is 7.37. The van der Waals surface area contributed by atoms with E-state index >= 15 is 0 Å². The van der Waals surface area contributed by atoms with Crippen molar-refractivity contribution in [2.24, 2.45) is 5.92 Å². The molecule has 2 nitrogen and oxygen atoms in total. The molecule has 0 bridgehead atoms. The summed E-state index contributed by atoms with van der Waals surface area (Å²) in [5.41, 5.74) is 0. The highest BCUT2D eigenvalue weighted by atomic mass is 35.5. The number of alkyl halides is 1. The number of rotatable bonds is 17. The molecule has 0 saturated carbocycles. The van der Waals surface area contributed by atoms with Crippen molar-refractivity contribution in [2.75, 3.05) is 0 Å². The minimum atomic E-state index is -0.867. The summed E-state index contributed by atoms with van der Waals surface area (Å²) >= 11 is 18.1. The van der Waals surface area contributed by atoms with Crippen LogP contribution >= 0.6 is 34.8 Å². The fourth-order valence-corrected chi connectivity index (χ4v) is 4.97. The quantitative estimate of drug-likeness (QED) is 0.122. The molecule has 0 aromatic rings. The predicted molar refractivity (Wildman–Crippen MR) is 126 cm³/mol. The van der Waals surface area contributed by atoms with Gasteiger partial charge in [0.1, 0.15) is 10.4 Å². The number of Topliss-reactive ketones (excluding diaryl/α,β-unsaturated/α-hetero) is 2. The molecule has 0 saturated heterocycles. The van der Waals surface area contributed by atoms with Crippen LogP contribution in [0, 0.1) is 5.92 Å². The molecule has 0 aromatic carbocycles. The van der Waals surface area contributed by atoms with Gasteiger partial charge in [0.15, 0.2) is 0 Å². The van der Waals surface area contributed by atoms with Crippen molar-refractivity contribution in [3.63, 3.8) is 0 Å². The molecule has 5 heteroatoms. The zero-order chi connectivity index (χ0) is 21.5. The Balaban J connectivity index is 1.94. The highest BCUT2D eigenvalue weighted by Gasteiger charge is 2.40. The lowest BCUT2D eigenvalue weighted by Gasteiger charge is -2.25. The van der Waals surface area contributed by atoms with Gasteiger partial charge in [-0.3, -0.25) is 9.59 Å². The first-order valence-corrected chi connectivity index (χ1v) is 13.0. The standard InChI is InChI=1S/C24H39Cl3O2/c1-2-3-4-5-6-7-8-9-10-11-12-13-14-15-16-17-18-19-20(25)22(27)24(29)23(28)21(19)26/h19,21H,2-18H2,1H3/t19-,21+/m1/s1. The lowest BCUT2D eigenvalue weighted by molar-refractivity contribution is -0.134. The van der Waals surface area contributed by atoms with E-state index in [9.17, 15) is 9.59 Å². The van der Waals surface area contributed by atoms with E-state index in [0.29, 0.717) is 6.42 Å². The molecule has 0 amide bonds. The summed E-state index contributed by atoms with van der Waals surface area (Å²) in [5.74, 6) is -1.69. The van der Waals surface area contributed by atoms with Crippen molar-refractivity contribution in [3.05, 3.63) is 10.1 Å². The van der Waals surface area contributed by atoms with Gasteiger partial charge in [-0.2, -0.15) is 0 Å². The maximum absolute atomic E-state index is 11.8. The van der Waals surface area contributed by atoms with Crippen LogP contribution in [-0.4, -0.2) is 16.9 Å². The molecule has 0 spiro atoms. The van der Waals surface area contributed by atoms with E-state index < -0.39 is 16.9 Å². The fourth-order valence-electron chi connectivity index (χ4n) is 4.00. The second-order valence-electron chi connectivity index (χ2n) is 8.46. The van der Waals surface area contributed by atoms with Gasteiger partial charge in [0, 0.05) is 11.0 Å². The maximum atomic E-state index is 11.8. The minimum Gasteiger partial charge on any atom is -0.289 e. The topological polar surface area (TPSA) is 34.1 Å². The molecule has 0 N–H and O–H groups in total. The van der Waals surface area contributed by atoms with Crippen molar-refractivity contribution in [1.29, 1.82) is 0 Å². The average Bonchev–Trinajstić information content (AvgIpc) is 2.72. The normalized spacial score (nSPS) is 20.0. The van der Waals surface area contributed by atoms with E-state index in [1.165, 1.54) is 89.9 Å². The summed E-state index contributed by atoms with van der Waals surface area (Å²) in [7, 11) is 0. The summed E-state index contributed by atoms with van der Waals surface area (Å²) in [6, 6.07) is 0. The van der Waals surface area contributed by atoms with E-state index in [4.69, 9.17) is 34.8 Å². The van der Waals surface area contributed by atoms with E-state index in [2.05, 4.69) is 6.92 Å². The van der Waals surface area contributed by atoms with Crippen LogP contribution in [0.25, 0.3) is 0 Å². The number of unbranched alkanes of at least 4 members (excludes halogenated alkanes) is 15. The first-order chi connectivity index (χ1) is 14.0. The highest BCUT2D eigenvalue weighted by Crippen LogP contribution is 2.37. The number of carbonyl (C=O) groups is 2. The Hall–Kier alpha value is -0.0500. The molecule has 0 aromatic heterocycles. The van der Waals surface area contributed by atoms with Gasteiger partial charge in [-0.25, -0.2) is 0 Å². The van der Waals surface area contributed by atoms with Gasteiger partial charge in [0.2, 0.25) is 11.6 Å². The molecule has 168 valence electrons. The van der Waals surface area contributed by atoms with Crippen LogP contribution in [0.5, 0.6) is 0 Å². The van der Waals surface area contributed by atoms with Gasteiger partial charge in [-0.1, -0.05) is 133 Å². The molecule has 0 heterocycles. The molecule has 29 heavy (non-hydrogen) atoms. The molecule has 2 atom stereocenters. The Kier molecular flexibility index (Phi) is 15.5. The predicted octanol–water partition coefficient (Wildman–Crippen LogP) is 8.70. The van der Waals surface area contributed by atoms with Crippen molar-refractivity contribution in [2.45, 2.75) is 121 Å². The molecule has 1 rings (SSSR count). The Morgan fingerprint density at radius 3 is 1.45 bits per heavy atom. The zero-order valence-electron chi connectivity index (χ0n) is 18.1. The third-order valence-electron chi connectivity index (χ3n) is 5.93. The van der Waals surface area contributed by atoms with Gasteiger partial charge in [0.05, 0.1) is 0 Å². The van der Waals surface area contributed by atoms with Gasteiger partial charge in [-0.05, 0) is 6.42 Å². The summed E-state index contributed by atoms with van der Waals surface area (Å²) in [4.78, 5) is 23.4. The summed E-state index contributed by atoms with van der Waals surface area (Å²) in [6.45, 7) is 2.27. The maximum Gasteiger partial charge on any atom is 0.242 e. The number of hydrogen-bond donors (Lipinski definition) is 0. The van der Waals surface area contributed by atoms with Crippen LogP contribution in [0.1, 0.15) is 116 Å². The number of carbonyl (C=O) groups excluding carboxylic acids is 2. The number of ketones is 2. The lowest BCUT2D eigenvalue weighted by Crippen LogP contribution is -2.36. The van der Waals surface area contributed by atoms with Gasteiger partial charge < -0.3 is 0 Å². The van der Waals surface area contributed by atoms with Crippen molar-refractivity contribution >= 4 is 46.4 Å². The summed E-state index contributed by atoms with van der Waals surface area (Å²) in [5, 5.41) is -0.749. The first kappa shape index (κ1) is 27.0. The number of allylic oxidation sites excluding steroid dienone is 2. The molecule has 1 aliphatic carbocycles. The number of hydrogen-bond acceptors (Lipinski definition) is 2. The van der Waals surface area contributed by atoms with E-state index in [1.807, 2.05) is 0 Å². The Morgan fingerprint density at radius 2 is 1.03 bits per heavy atom. The summed E-state index contributed by atoms with van der Waals surface area (Å²) in [6.07, 6.45) is 21.8. The van der Waals surface area contributed by atoms with Crippen LogP contribution in [0.2, 0.25) is 0 Å². The molecule has 0 aliphatic heterocycles. The van der Waals surface area contributed by atoms with Gasteiger partial charge in [0.25, 0.3) is 0 Å². The van der Waals surface area contributed by atoms with E-state index in [-0.39, 0.29) is 16.0 Å². The van der Waals surface area contributed by atoms with Crippen LogP contribution < -0.4 is 0 Å². The molecular weight excluding hydrogens is 427 g/mol. The number of halogens is 3. The fraction of sp³-hybridized carbons (Fsp3) is 0.833. The van der Waals surface area contributed by atoms with Crippen molar-refractivity contribution < 1.29 is 9.59 Å². The second-order valence-corrected chi connectivity index (χ2v) is 9.71. The highest BCUT2D eigenvalue weighted by molar-refractivity contribution is 6.65. The lowest BCUT2D eigenvalue weighted by atomic mass is 9.88. The summed E-state index contributed by atoms with van der Waals surface area (Å²) < 4.78 is 0. The zero-order valence-corrected chi connectivity index (χ0v) is 20.4. The molecule has 0 fully saturated rings. The van der Waals surface area contributed by atoms with Gasteiger partial charge >= 0.3 is 0 Å². The Bertz CT molecular complexity index is 516. The Morgan fingerprint density at radius 1 is 0.655 bits per heavy atom. The smallest absolute Gasteiger partial charge is 0.242 e. The van der Waals surface area contributed by atoms with Crippen molar-refractivity contribution in [1.82, 2.24) is 0 Å². The monoisotopic (exact) mass is 464 g/mol. The van der Waals surface area contributed by atoms with Crippen LogP contribution in [0.3, 0.4) is 0 Å². The SMILES string of the molecule is CCCCCCCCCCCCCCCCCC[C@@H]1C(Cl)=C(Cl)C(=O)C(=O)[C@H]1Cl. The molecular formula is C24H39Cl3O2.